The van der Waals surface area contributed by atoms with Gasteiger partial charge in [-0.1, -0.05) is 18.2 Å². The van der Waals surface area contributed by atoms with Crippen molar-refractivity contribution in [1.82, 2.24) is 0 Å². The number of ether oxygens (including phenoxy) is 1. The van der Waals surface area contributed by atoms with Crippen molar-refractivity contribution in [3.05, 3.63) is 47.7 Å². The third-order valence-corrected chi connectivity index (χ3v) is 3.66. The highest BCUT2D eigenvalue weighted by molar-refractivity contribution is 7.99. The van der Waals surface area contributed by atoms with Gasteiger partial charge < -0.3 is 4.74 Å². The van der Waals surface area contributed by atoms with Crippen LogP contribution in [0.5, 0.6) is 0 Å². The lowest BCUT2D eigenvalue weighted by Gasteiger charge is -2.23. The Morgan fingerprint density at radius 1 is 1.21 bits per heavy atom. The molecule has 2 aliphatic rings. The summed E-state index contributed by atoms with van der Waals surface area (Å²) in [5.74, 6) is 2.15. The summed E-state index contributed by atoms with van der Waals surface area (Å²) in [4.78, 5) is 1.33. The molecule has 2 heterocycles. The minimum Gasteiger partial charge on any atom is -0.465 e. The van der Waals surface area contributed by atoms with E-state index >= 15 is 0 Å². The molecule has 0 radical (unpaired) electrons. The van der Waals surface area contributed by atoms with E-state index < -0.39 is 0 Å². The van der Waals surface area contributed by atoms with Gasteiger partial charge in [-0.15, -0.1) is 11.8 Å². The second-order valence-electron chi connectivity index (χ2n) is 3.41. The predicted octanol–water partition coefficient (Wildman–Crippen LogP) is 3.44. The van der Waals surface area contributed by atoms with Crippen molar-refractivity contribution in [3.63, 3.8) is 0 Å². The van der Waals surface area contributed by atoms with Gasteiger partial charge in [0.15, 0.2) is 0 Å². The van der Waals surface area contributed by atoms with Gasteiger partial charge in [0.1, 0.15) is 5.76 Å². The number of benzene rings is 1. The minimum atomic E-state index is 1.04. The van der Waals surface area contributed by atoms with Gasteiger partial charge >= 0.3 is 0 Å². The first-order valence-electron chi connectivity index (χ1n) is 4.71. The number of thioether (sulfide) groups is 1. The fraction of sp³-hybridized carbons (Fsp3) is 0.167. The summed E-state index contributed by atoms with van der Waals surface area (Å²) in [7, 11) is 0. The molecule has 1 nitrogen and oxygen atoms in total. The van der Waals surface area contributed by atoms with Crippen LogP contribution in [0.4, 0.5) is 0 Å². The normalized spacial score (nSPS) is 18.6. The summed E-state index contributed by atoms with van der Waals surface area (Å²) in [6.45, 7) is 0. The van der Waals surface area contributed by atoms with E-state index in [-0.39, 0.29) is 0 Å². The zero-order valence-corrected chi connectivity index (χ0v) is 8.51. The summed E-state index contributed by atoms with van der Waals surface area (Å²) in [5, 5.41) is 0. The van der Waals surface area contributed by atoms with Crippen LogP contribution in [-0.4, -0.2) is 5.75 Å². The fourth-order valence-corrected chi connectivity index (χ4v) is 2.88. The zero-order chi connectivity index (χ0) is 9.38. The molecule has 2 aliphatic heterocycles. The van der Waals surface area contributed by atoms with Gasteiger partial charge in [0.05, 0.1) is 6.26 Å². The van der Waals surface area contributed by atoms with Crippen LogP contribution in [0.3, 0.4) is 0 Å². The van der Waals surface area contributed by atoms with Crippen molar-refractivity contribution in [1.29, 1.82) is 0 Å². The first-order valence-corrected chi connectivity index (χ1v) is 5.69. The van der Waals surface area contributed by atoms with Crippen molar-refractivity contribution in [2.24, 2.45) is 0 Å². The largest absolute Gasteiger partial charge is 0.465 e. The first kappa shape index (κ1) is 8.18. The Bertz CT molecular complexity index is 432. The smallest absolute Gasteiger partial charge is 0.135 e. The molecule has 0 saturated heterocycles. The SMILES string of the molecule is C1=COC2=C(C1)CSc1ccccc12. The summed E-state index contributed by atoms with van der Waals surface area (Å²) in [6, 6.07) is 8.44. The monoisotopic (exact) mass is 202 g/mol. The van der Waals surface area contributed by atoms with Crippen LogP contribution in [0.15, 0.2) is 47.1 Å². The Balaban J connectivity index is 2.14. The van der Waals surface area contributed by atoms with Gasteiger partial charge in [-0.05, 0) is 24.1 Å². The lowest BCUT2D eigenvalue weighted by molar-refractivity contribution is 0.421. The fourth-order valence-electron chi connectivity index (χ4n) is 1.81. The summed E-state index contributed by atoms with van der Waals surface area (Å²) >= 11 is 1.90. The molecule has 0 fully saturated rings. The molecule has 2 heteroatoms. The van der Waals surface area contributed by atoms with Crippen LogP contribution in [0.25, 0.3) is 5.76 Å². The number of rotatable bonds is 0. The maximum absolute atomic E-state index is 5.59. The Kier molecular flexibility index (Phi) is 1.88. The van der Waals surface area contributed by atoms with E-state index in [2.05, 4.69) is 30.3 Å². The molecule has 1 aromatic rings. The predicted molar refractivity (Wildman–Crippen MR) is 58.9 cm³/mol. The summed E-state index contributed by atoms with van der Waals surface area (Å²) in [5.41, 5.74) is 2.67. The van der Waals surface area contributed by atoms with E-state index in [0.29, 0.717) is 0 Å². The highest BCUT2D eigenvalue weighted by atomic mass is 32.2. The van der Waals surface area contributed by atoms with Crippen molar-refractivity contribution in [3.8, 4) is 0 Å². The van der Waals surface area contributed by atoms with Crippen molar-refractivity contribution >= 4 is 17.5 Å². The number of fused-ring (bicyclic) bond motifs is 2. The van der Waals surface area contributed by atoms with Crippen LogP contribution < -0.4 is 0 Å². The highest BCUT2D eigenvalue weighted by Gasteiger charge is 2.20. The Labute approximate surface area is 87.5 Å². The number of allylic oxidation sites excluding steroid dienone is 1. The number of hydrogen-bond acceptors (Lipinski definition) is 2. The maximum atomic E-state index is 5.59. The molecule has 0 aromatic heterocycles. The molecule has 70 valence electrons. The van der Waals surface area contributed by atoms with E-state index in [1.165, 1.54) is 16.0 Å². The molecule has 0 unspecified atom stereocenters. The van der Waals surface area contributed by atoms with Crippen LogP contribution in [-0.2, 0) is 4.74 Å². The third kappa shape index (κ3) is 1.18. The summed E-state index contributed by atoms with van der Waals surface area (Å²) < 4.78 is 5.59. The molecule has 14 heavy (non-hydrogen) atoms. The quantitative estimate of drug-likeness (QED) is 0.637. The third-order valence-electron chi connectivity index (χ3n) is 2.50. The molecule has 0 atom stereocenters. The topological polar surface area (TPSA) is 9.23 Å². The van der Waals surface area contributed by atoms with Gasteiger partial charge in [0.25, 0.3) is 0 Å². The Morgan fingerprint density at radius 2 is 2.14 bits per heavy atom. The molecule has 1 aromatic carbocycles. The molecule has 0 amide bonds. The molecule has 0 aliphatic carbocycles. The standard InChI is InChI=1S/C12H10OS/c1-2-6-11-10(5-1)12-9(8-14-11)4-3-7-13-12/h1-3,5-7H,4,8H2. The van der Waals surface area contributed by atoms with Crippen molar-refractivity contribution < 1.29 is 4.74 Å². The van der Waals surface area contributed by atoms with Gasteiger partial charge in [-0.2, -0.15) is 0 Å². The van der Waals surface area contributed by atoms with Gasteiger partial charge in [-0.3, -0.25) is 0 Å². The maximum Gasteiger partial charge on any atom is 0.135 e. The first-order chi connectivity index (χ1) is 6.95. The zero-order valence-electron chi connectivity index (χ0n) is 7.69. The lowest BCUT2D eigenvalue weighted by atomic mass is 10.1. The van der Waals surface area contributed by atoms with E-state index in [0.717, 1.165) is 17.9 Å². The Morgan fingerprint density at radius 3 is 3.14 bits per heavy atom. The molecule has 0 saturated carbocycles. The van der Waals surface area contributed by atoms with Crippen LogP contribution in [0, 0.1) is 0 Å². The second-order valence-corrected chi connectivity index (χ2v) is 4.43. The van der Waals surface area contributed by atoms with Crippen LogP contribution in [0.1, 0.15) is 12.0 Å². The van der Waals surface area contributed by atoms with Gasteiger partial charge in [0, 0.05) is 16.2 Å². The van der Waals surface area contributed by atoms with Crippen LogP contribution in [0.2, 0.25) is 0 Å². The average molecular weight is 202 g/mol. The van der Waals surface area contributed by atoms with E-state index in [1.807, 2.05) is 11.8 Å². The number of hydrogen-bond donors (Lipinski definition) is 0. The minimum absolute atomic E-state index is 1.04. The average Bonchev–Trinajstić information content (AvgIpc) is 2.29. The van der Waals surface area contributed by atoms with Gasteiger partial charge in [0.2, 0.25) is 0 Å². The molecular weight excluding hydrogens is 192 g/mol. The van der Waals surface area contributed by atoms with Crippen molar-refractivity contribution in [2.75, 3.05) is 5.75 Å². The lowest BCUT2D eigenvalue weighted by Crippen LogP contribution is -2.05. The highest BCUT2D eigenvalue weighted by Crippen LogP contribution is 2.40. The van der Waals surface area contributed by atoms with E-state index in [9.17, 15) is 0 Å². The second kappa shape index (κ2) is 3.21. The van der Waals surface area contributed by atoms with Crippen molar-refractivity contribution in [2.45, 2.75) is 11.3 Å². The summed E-state index contributed by atoms with van der Waals surface area (Å²) in [6.07, 6.45) is 4.91. The molecule has 0 spiro atoms. The molecule has 0 N–H and O–H groups in total. The molecular formula is C12H10OS. The van der Waals surface area contributed by atoms with Crippen LogP contribution >= 0.6 is 11.8 Å². The molecule has 0 bridgehead atoms. The van der Waals surface area contributed by atoms with Gasteiger partial charge in [-0.25, -0.2) is 0 Å². The van der Waals surface area contributed by atoms with E-state index in [4.69, 9.17) is 4.74 Å². The van der Waals surface area contributed by atoms with E-state index in [1.54, 1.807) is 6.26 Å². The Hall–Kier alpha value is -1.15. The molecule has 3 rings (SSSR count).